The molecule has 1 atom stereocenters. The third-order valence-electron chi connectivity index (χ3n) is 5.77. The number of rotatable bonds is 8. The highest BCUT2D eigenvalue weighted by molar-refractivity contribution is 6.31. The molecule has 2 heterocycles. The van der Waals surface area contributed by atoms with Crippen molar-refractivity contribution in [1.82, 2.24) is 20.2 Å². The van der Waals surface area contributed by atoms with E-state index in [4.69, 9.17) is 16.3 Å². The fraction of sp³-hybridized carbons (Fsp3) is 0.185. The minimum atomic E-state index is -0.700. The number of likely N-dealkylation sites (N-methyl/N-ethyl adjacent to an activating group) is 1. The van der Waals surface area contributed by atoms with Gasteiger partial charge in [-0.15, -0.1) is 0 Å². The van der Waals surface area contributed by atoms with Crippen molar-refractivity contribution in [1.29, 1.82) is 0 Å². The van der Waals surface area contributed by atoms with Gasteiger partial charge in [-0.25, -0.2) is 19.0 Å². The number of nitrogens with one attached hydrogen (secondary N) is 2. The summed E-state index contributed by atoms with van der Waals surface area (Å²) in [5.41, 5.74) is 1.17. The summed E-state index contributed by atoms with van der Waals surface area (Å²) >= 11 is 5.99. The van der Waals surface area contributed by atoms with Crippen molar-refractivity contribution in [2.75, 3.05) is 19.0 Å². The number of aromatic nitrogens is 2. The molecule has 0 spiro atoms. The van der Waals surface area contributed by atoms with Gasteiger partial charge in [0.15, 0.2) is 0 Å². The number of halogens is 2. The lowest BCUT2D eigenvalue weighted by atomic mass is 10.1. The van der Waals surface area contributed by atoms with Crippen LogP contribution in [0.1, 0.15) is 11.3 Å². The number of amides is 3. The lowest BCUT2D eigenvalue weighted by Crippen LogP contribution is -2.47. The quantitative estimate of drug-likeness (QED) is 0.322. The predicted octanol–water partition coefficient (Wildman–Crippen LogP) is 5.42. The molecule has 0 aliphatic carbocycles. The van der Waals surface area contributed by atoms with Crippen LogP contribution in [-0.4, -0.2) is 46.7 Å². The summed E-state index contributed by atoms with van der Waals surface area (Å²) in [6, 6.07) is 18.3. The van der Waals surface area contributed by atoms with Crippen molar-refractivity contribution in [3.05, 3.63) is 101 Å². The number of hydrogen-bond acceptors (Lipinski definition) is 5. The van der Waals surface area contributed by atoms with E-state index in [-0.39, 0.29) is 18.2 Å². The molecule has 3 amide bonds. The molecule has 0 saturated carbocycles. The first-order chi connectivity index (χ1) is 17.9. The smallest absolute Gasteiger partial charge is 0.412 e. The van der Waals surface area contributed by atoms with Crippen molar-refractivity contribution < 1.29 is 18.7 Å². The van der Waals surface area contributed by atoms with Crippen LogP contribution in [0.15, 0.2) is 79.1 Å². The number of benzene rings is 2. The Morgan fingerprint density at radius 3 is 2.62 bits per heavy atom. The minimum Gasteiger partial charge on any atom is -0.447 e. The van der Waals surface area contributed by atoms with E-state index >= 15 is 0 Å². The summed E-state index contributed by atoms with van der Waals surface area (Å²) in [4.78, 5) is 35.4. The summed E-state index contributed by atoms with van der Waals surface area (Å²) in [7, 11) is 1.59. The highest BCUT2D eigenvalue weighted by atomic mass is 35.5. The average molecular weight is 522 g/mol. The lowest BCUT2D eigenvalue weighted by Gasteiger charge is -2.28. The zero-order valence-corrected chi connectivity index (χ0v) is 20.8. The average Bonchev–Trinajstić information content (AvgIpc) is 2.91. The molecule has 0 aliphatic heterocycles. The highest BCUT2D eigenvalue weighted by Crippen LogP contribution is 2.20. The maximum absolute atomic E-state index is 13.7. The van der Waals surface area contributed by atoms with Crippen LogP contribution in [0.3, 0.4) is 0 Å². The maximum atomic E-state index is 13.7. The standard InChI is InChI=1S/C27H25ClFN5O3/c1-34(26(35)32-16-20-9-6-11-23(29)25(20)28)22(14-21-10-4-5-12-30-21)17-37-27(36)33-24-13-18-7-2-3-8-19(18)15-31-24/h2-13,15,22H,14,16-17H2,1H3,(H,32,35)(H,31,33,36)/t22-/m1/s1. The summed E-state index contributed by atoms with van der Waals surface area (Å²) in [5, 5.41) is 7.18. The molecule has 8 nitrogen and oxygen atoms in total. The Hall–Kier alpha value is -4.24. The third kappa shape index (κ3) is 6.92. The SMILES string of the molecule is CN(C(=O)NCc1cccc(F)c1Cl)[C@@H](COC(=O)Nc1cc2ccccc2cn1)Cc1ccccn1. The van der Waals surface area contributed by atoms with Crippen LogP contribution in [0.2, 0.25) is 5.02 Å². The number of nitrogens with zero attached hydrogens (tertiary/aromatic N) is 3. The third-order valence-corrected chi connectivity index (χ3v) is 6.19. The van der Waals surface area contributed by atoms with Crippen LogP contribution in [-0.2, 0) is 17.7 Å². The molecular formula is C27H25ClFN5O3. The predicted molar refractivity (Wildman–Crippen MR) is 140 cm³/mol. The van der Waals surface area contributed by atoms with Crippen LogP contribution < -0.4 is 10.6 Å². The van der Waals surface area contributed by atoms with Gasteiger partial charge in [0.25, 0.3) is 0 Å². The second-order valence-electron chi connectivity index (χ2n) is 8.30. The van der Waals surface area contributed by atoms with Gasteiger partial charge in [0, 0.05) is 43.5 Å². The Morgan fingerprint density at radius 1 is 1.05 bits per heavy atom. The molecule has 2 aromatic heterocycles. The molecule has 0 bridgehead atoms. The Morgan fingerprint density at radius 2 is 1.84 bits per heavy atom. The van der Waals surface area contributed by atoms with Gasteiger partial charge in [0.1, 0.15) is 18.2 Å². The van der Waals surface area contributed by atoms with Crippen LogP contribution in [0, 0.1) is 5.82 Å². The van der Waals surface area contributed by atoms with Crippen molar-refractivity contribution in [3.8, 4) is 0 Å². The number of carbonyl (C=O) groups is 2. The Kier molecular flexibility index (Phi) is 8.48. The number of fused-ring (bicyclic) bond motifs is 1. The molecule has 37 heavy (non-hydrogen) atoms. The first-order valence-electron chi connectivity index (χ1n) is 11.5. The molecule has 4 rings (SSSR count). The Labute approximate surface area is 218 Å². The Bertz CT molecular complexity index is 1390. The summed E-state index contributed by atoms with van der Waals surface area (Å²) in [6.07, 6.45) is 2.96. The zero-order valence-electron chi connectivity index (χ0n) is 20.0. The normalized spacial score (nSPS) is 11.5. The van der Waals surface area contributed by atoms with E-state index in [1.165, 1.54) is 17.0 Å². The largest absolute Gasteiger partial charge is 0.447 e. The molecule has 0 aliphatic rings. The van der Waals surface area contributed by atoms with Crippen molar-refractivity contribution >= 4 is 40.3 Å². The second kappa shape index (κ2) is 12.1. The number of hydrogen-bond donors (Lipinski definition) is 2. The molecule has 2 aromatic carbocycles. The fourth-order valence-corrected chi connectivity index (χ4v) is 3.87. The van der Waals surface area contributed by atoms with Crippen LogP contribution in [0.4, 0.5) is 19.8 Å². The number of carbonyl (C=O) groups excluding carboxylic acids is 2. The van der Waals surface area contributed by atoms with E-state index in [0.717, 1.165) is 16.5 Å². The summed E-state index contributed by atoms with van der Waals surface area (Å²) < 4.78 is 19.2. The first-order valence-corrected chi connectivity index (χ1v) is 11.9. The van der Waals surface area contributed by atoms with Crippen LogP contribution in [0.25, 0.3) is 10.8 Å². The molecule has 0 saturated heterocycles. The molecule has 190 valence electrons. The highest BCUT2D eigenvalue weighted by Gasteiger charge is 2.23. The molecule has 0 unspecified atom stereocenters. The van der Waals surface area contributed by atoms with E-state index in [1.54, 1.807) is 37.6 Å². The van der Waals surface area contributed by atoms with Crippen LogP contribution in [0.5, 0.6) is 0 Å². The second-order valence-corrected chi connectivity index (χ2v) is 8.68. The Balaban J connectivity index is 1.40. The van der Waals surface area contributed by atoms with Crippen molar-refractivity contribution in [2.45, 2.75) is 19.0 Å². The van der Waals surface area contributed by atoms with E-state index in [1.807, 2.05) is 36.4 Å². The van der Waals surface area contributed by atoms with Gasteiger partial charge >= 0.3 is 12.1 Å². The minimum absolute atomic E-state index is 0.0328. The number of pyridine rings is 2. The number of urea groups is 1. The summed E-state index contributed by atoms with van der Waals surface area (Å²) in [6.45, 7) is -0.0638. The molecule has 4 aromatic rings. The van der Waals surface area contributed by atoms with Gasteiger partial charge in [-0.05, 0) is 35.2 Å². The molecule has 0 fully saturated rings. The van der Waals surface area contributed by atoms with Gasteiger partial charge in [0.05, 0.1) is 11.1 Å². The van der Waals surface area contributed by atoms with E-state index in [0.29, 0.717) is 17.8 Å². The van der Waals surface area contributed by atoms with Crippen molar-refractivity contribution in [2.24, 2.45) is 0 Å². The first kappa shape index (κ1) is 25.8. The van der Waals surface area contributed by atoms with E-state index < -0.39 is 24.0 Å². The van der Waals surface area contributed by atoms with E-state index in [2.05, 4.69) is 20.6 Å². The molecule has 10 heteroatoms. The lowest BCUT2D eigenvalue weighted by molar-refractivity contribution is 0.116. The number of ether oxygens (including phenoxy) is 1. The summed E-state index contributed by atoms with van der Waals surface area (Å²) in [5.74, 6) is -0.210. The van der Waals surface area contributed by atoms with E-state index in [9.17, 15) is 14.0 Å². The van der Waals surface area contributed by atoms with Gasteiger partial charge in [0.2, 0.25) is 0 Å². The topological polar surface area (TPSA) is 96.5 Å². The zero-order chi connectivity index (χ0) is 26.2. The maximum Gasteiger partial charge on any atom is 0.412 e. The number of anilines is 1. The van der Waals surface area contributed by atoms with Gasteiger partial charge in [-0.2, -0.15) is 0 Å². The van der Waals surface area contributed by atoms with Crippen LogP contribution >= 0.6 is 11.6 Å². The fourth-order valence-electron chi connectivity index (χ4n) is 3.68. The van der Waals surface area contributed by atoms with Crippen molar-refractivity contribution in [3.63, 3.8) is 0 Å². The van der Waals surface area contributed by atoms with Gasteiger partial charge in [-0.1, -0.05) is 54.1 Å². The van der Waals surface area contributed by atoms with Gasteiger partial charge in [-0.3, -0.25) is 10.3 Å². The molecule has 2 N–H and O–H groups in total. The molecule has 0 radical (unpaired) electrons. The monoisotopic (exact) mass is 521 g/mol. The van der Waals surface area contributed by atoms with Gasteiger partial charge < -0.3 is 15.0 Å². The molecular weight excluding hydrogens is 497 g/mol.